The van der Waals surface area contributed by atoms with Gasteiger partial charge >= 0.3 is 5.97 Å². The Morgan fingerprint density at radius 2 is 1.94 bits per heavy atom. The van der Waals surface area contributed by atoms with Gasteiger partial charge in [0.25, 0.3) is 0 Å². The normalized spacial score (nSPS) is 15.6. The van der Waals surface area contributed by atoms with E-state index in [9.17, 15) is 9.90 Å². The molecule has 3 rings (SSSR count). The van der Waals surface area contributed by atoms with Crippen LogP contribution in [0.15, 0.2) is 30.6 Å². The summed E-state index contributed by atoms with van der Waals surface area (Å²) in [5.74, 6) is 0.257. The molecule has 1 aliphatic carbocycles. The SMILES string of the molecule is CC(C)CN(c1ccc([C@H](C)CC(=O)O)cc1Nc1cnc(Cl)cn1)C1CCCCC1. The molecular weight excluding hydrogens is 412 g/mol. The molecule has 0 amide bonds. The Morgan fingerprint density at radius 3 is 2.55 bits per heavy atom. The van der Waals surface area contributed by atoms with Crippen molar-refractivity contribution in [2.45, 2.75) is 71.3 Å². The summed E-state index contributed by atoms with van der Waals surface area (Å²) < 4.78 is 0. The Labute approximate surface area is 190 Å². The smallest absolute Gasteiger partial charge is 0.303 e. The fourth-order valence-corrected chi connectivity index (χ4v) is 4.43. The van der Waals surface area contributed by atoms with Crippen LogP contribution >= 0.6 is 11.6 Å². The van der Waals surface area contributed by atoms with Gasteiger partial charge in [-0.1, -0.05) is 57.7 Å². The fraction of sp³-hybridized carbons (Fsp3) is 0.542. The first-order chi connectivity index (χ1) is 14.8. The van der Waals surface area contributed by atoms with Gasteiger partial charge in [-0.15, -0.1) is 0 Å². The molecule has 168 valence electrons. The molecule has 1 atom stereocenters. The van der Waals surface area contributed by atoms with Crippen molar-refractivity contribution in [1.82, 2.24) is 9.97 Å². The highest BCUT2D eigenvalue weighted by atomic mass is 35.5. The van der Waals surface area contributed by atoms with Gasteiger partial charge in [0, 0.05) is 12.6 Å². The molecule has 0 unspecified atom stereocenters. The largest absolute Gasteiger partial charge is 0.481 e. The molecule has 1 aromatic carbocycles. The van der Waals surface area contributed by atoms with E-state index in [1.54, 1.807) is 6.20 Å². The van der Waals surface area contributed by atoms with E-state index in [0.717, 1.165) is 23.5 Å². The van der Waals surface area contributed by atoms with Crippen LogP contribution in [0.2, 0.25) is 5.15 Å². The highest BCUT2D eigenvalue weighted by Gasteiger charge is 2.25. The highest BCUT2D eigenvalue weighted by molar-refractivity contribution is 6.29. The maximum Gasteiger partial charge on any atom is 0.303 e. The maximum absolute atomic E-state index is 11.2. The standard InChI is InChI=1S/C24H33ClN4O2/c1-16(2)15-29(19-7-5-4-6-8-19)21-10-9-18(17(3)11-24(30)31)12-20(21)28-23-14-26-22(25)13-27-23/h9-10,12-14,16-17,19H,4-8,11,15H2,1-3H3,(H,27,28)(H,30,31)/t17-/m1/s1. The topological polar surface area (TPSA) is 78.4 Å². The number of halogens is 1. The number of carbonyl (C=O) groups is 1. The molecule has 6 nitrogen and oxygen atoms in total. The van der Waals surface area contributed by atoms with Crippen molar-refractivity contribution in [1.29, 1.82) is 0 Å². The zero-order chi connectivity index (χ0) is 22.4. The van der Waals surface area contributed by atoms with Crippen LogP contribution < -0.4 is 10.2 Å². The lowest BCUT2D eigenvalue weighted by atomic mass is 9.92. The Morgan fingerprint density at radius 1 is 1.19 bits per heavy atom. The van der Waals surface area contributed by atoms with Crippen molar-refractivity contribution in [3.63, 3.8) is 0 Å². The average Bonchev–Trinajstić information content (AvgIpc) is 2.74. The van der Waals surface area contributed by atoms with Crippen molar-refractivity contribution >= 4 is 34.8 Å². The lowest BCUT2D eigenvalue weighted by Gasteiger charge is -2.38. The summed E-state index contributed by atoms with van der Waals surface area (Å²) in [6, 6.07) is 6.78. The van der Waals surface area contributed by atoms with E-state index in [1.165, 1.54) is 38.3 Å². The van der Waals surface area contributed by atoms with Crippen LogP contribution in [0, 0.1) is 5.92 Å². The molecule has 0 saturated heterocycles. The van der Waals surface area contributed by atoms with Crippen LogP contribution in [0.25, 0.3) is 0 Å². The van der Waals surface area contributed by atoms with Crippen molar-refractivity contribution in [3.05, 3.63) is 41.3 Å². The van der Waals surface area contributed by atoms with Gasteiger partial charge in [0.1, 0.15) is 11.0 Å². The van der Waals surface area contributed by atoms with E-state index in [4.69, 9.17) is 11.6 Å². The summed E-state index contributed by atoms with van der Waals surface area (Å²) >= 11 is 5.91. The molecule has 1 saturated carbocycles. The highest BCUT2D eigenvalue weighted by Crippen LogP contribution is 2.37. The van der Waals surface area contributed by atoms with Gasteiger partial charge in [-0.3, -0.25) is 4.79 Å². The number of carboxylic acid groups (broad SMARTS) is 1. The van der Waals surface area contributed by atoms with Crippen LogP contribution in [-0.4, -0.2) is 33.6 Å². The molecule has 31 heavy (non-hydrogen) atoms. The fourth-order valence-electron chi connectivity index (χ4n) is 4.34. The molecule has 0 bridgehead atoms. The van der Waals surface area contributed by atoms with Gasteiger partial charge < -0.3 is 15.3 Å². The minimum Gasteiger partial charge on any atom is -0.481 e. The van der Waals surface area contributed by atoms with Gasteiger partial charge in [0.15, 0.2) is 0 Å². The molecule has 0 spiro atoms. The number of benzene rings is 1. The van der Waals surface area contributed by atoms with Crippen LogP contribution in [0.3, 0.4) is 0 Å². The molecule has 2 N–H and O–H groups in total. The predicted molar refractivity (Wildman–Crippen MR) is 126 cm³/mol. The van der Waals surface area contributed by atoms with Crippen LogP contribution in [0.5, 0.6) is 0 Å². The van der Waals surface area contributed by atoms with Gasteiger partial charge in [-0.25, -0.2) is 9.97 Å². The summed E-state index contributed by atoms with van der Waals surface area (Å²) in [6.07, 6.45) is 9.46. The number of hydrogen-bond acceptors (Lipinski definition) is 5. The number of anilines is 3. The quantitative estimate of drug-likeness (QED) is 0.476. The summed E-state index contributed by atoms with van der Waals surface area (Å²) in [7, 11) is 0. The number of aliphatic carboxylic acids is 1. The molecule has 0 aliphatic heterocycles. The molecule has 2 aromatic rings. The predicted octanol–water partition coefficient (Wildman–Crippen LogP) is 6.25. The second kappa shape index (κ2) is 10.8. The number of nitrogens with one attached hydrogen (secondary N) is 1. The molecule has 7 heteroatoms. The Kier molecular flexibility index (Phi) is 8.13. The van der Waals surface area contributed by atoms with Crippen molar-refractivity contribution in [3.8, 4) is 0 Å². The van der Waals surface area contributed by atoms with E-state index < -0.39 is 5.97 Å². The van der Waals surface area contributed by atoms with Crippen molar-refractivity contribution in [2.75, 3.05) is 16.8 Å². The summed E-state index contributed by atoms with van der Waals surface area (Å²) in [5.41, 5.74) is 3.05. The van der Waals surface area contributed by atoms with Crippen molar-refractivity contribution in [2.24, 2.45) is 5.92 Å². The minimum absolute atomic E-state index is 0.0865. The van der Waals surface area contributed by atoms with Gasteiger partial charge in [0.05, 0.1) is 30.2 Å². The van der Waals surface area contributed by atoms with E-state index in [2.05, 4.69) is 52.2 Å². The van der Waals surface area contributed by atoms with Crippen LogP contribution in [0.4, 0.5) is 17.2 Å². The lowest BCUT2D eigenvalue weighted by Crippen LogP contribution is -2.39. The zero-order valence-corrected chi connectivity index (χ0v) is 19.4. The lowest BCUT2D eigenvalue weighted by molar-refractivity contribution is -0.137. The van der Waals surface area contributed by atoms with E-state index in [-0.39, 0.29) is 12.3 Å². The third-order valence-corrected chi connectivity index (χ3v) is 6.04. The zero-order valence-electron chi connectivity index (χ0n) is 18.6. The molecule has 1 aliphatic rings. The van der Waals surface area contributed by atoms with Gasteiger partial charge in [-0.05, 0) is 42.4 Å². The molecular formula is C24H33ClN4O2. The first kappa shape index (κ1) is 23.3. The second-order valence-corrected chi connectivity index (χ2v) is 9.35. The third-order valence-electron chi connectivity index (χ3n) is 5.84. The first-order valence-corrected chi connectivity index (χ1v) is 11.6. The minimum atomic E-state index is -0.793. The number of nitrogens with zero attached hydrogens (tertiary/aromatic N) is 3. The Bertz CT molecular complexity index is 866. The Hall–Kier alpha value is -2.34. The van der Waals surface area contributed by atoms with Gasteiger partial charge in [0.2, 0.25) is 0 Å². The number of rotatable bonds is 9. The van der Waals surface area contributed by atoms with Crippen LogP contribution in [-0.2, 0) is 4.79 Å². The monoisotopic (exact) mass is 444 g/mol. The van der Waals surface area contributed by atoms with Crippen molar-refractivity contribution < 1.29 is 9.90 Å². The number of aromatic nitrogens is 2. The third kappa shape index (κ3) is 6.57. The Balaban J connectivity index is 2.00. The number of hydrogen-bond donors (Lipinski definition) is 2. The van der Waals surface area contributed by atoms with E-state index in [0.29, 0.717) is 22.9 Å². The van der Waals surface area contributed by atoms with Gasteiger partial charge in [-0.2, -0.15) is 0 Å². The number of carboxylic acids is 1. The molecule has 1 fully saturated rings. The summed E-state index contributed by atoms with van der Waals surface area (Å²) in [6.45, 7) is 7.41. The molecule has 1 heterocycles. The average molecular weight is 445 g/mol. The summed E-state index contributed by atoms with van der Waals surface area (Å²) in [5, 5.41) is 13.0. The second-order valence-electron chi connectivity index (χ2n) is 8.96. The van der Waals surface area contributed by atoms with E-state index >= 15 is 0 Å². The van der Waals surface area contributed by atoms with E-state index in [1.807, 2.05) is 6.92 Å². The van der Waals surface area contributed by atoms with Crippen LogP contribution in [0.1, 0.15) is 70.8 Å². The first-order valence-electron chi connectivity index (χ1n) is 11.2. The molecule has 1 aromatic heterocycles. The molecule has 0 radical (unpaired) electrons. The summed E-state index contributed by atoms with van der Waals surface area (Å²) in [4.78, 5) is 22.3. The maximum atomic E-state index is 11.2.